The first-order valence-electron chi connectivity index (χ1n) is 7.22. The van der Waals surface area contributed by atoms with Crippen LogP contribution < -0.4 is 9.47 Å². The van der Waals surface area contributed by atoms with Gasteiger partial charge in [-0.3, -0.25) is 0 Å². The van der Waals surface area contributed by atoms with Crippen molar-refractivity contribution in [1.29, 1.82) is 0 Å². The van der Waals surface area contributed by atoms with Gasteiger partial charge in [-0.25, -0.2) is 0 Å². The average Bonchev–Trinajstić information content (AvgIpc) is 3.29. The van der Waals surface area contributed by atoms with Crippen molar-refractivity contribution >= 4 is 11.8 Å². The highest BCUT2D eigenvalue weighted by molar-refractivity contribution is 7.99. The van der Waals surface area contributed by atoms with Crippen LogP contribution in [0.3, 0.4) is 0 Å². The third kappa shape index (κ3) is 2.60. The van der Waals surface area contributed by atoms with Crippen molar-refractivity contribution in [3.63, 3.8) is 0 Å². The number of rotatable bonds is 4. The zero-order valence-corrected chi connectivity index (χ0v) is 12.7. The van der Waals surface area contributed by atoms with E-state index in [4.69, 9.17) is 9.47 Å². The Bertz CT molecular complexity index is 654. The van der Waals surface area contributed by atoms with E-state index < -0.39 is 0 Å². The summed E-state index contributed by atoms with van der Waals surface area (Å²) < 4.78 is 13.8. The standard InChI is InChI=1S/C15H17N3O2S/c1-18-14(10-6-7-10)16-17-15(18)21-9-11-8-19-12-4-2-3-5-13(12)20-11/h2-5,10-11H,6-9H2,1H3/t11-/m1/s1. The molecule has 1 saturated carbocycles. The summed E-state index contributed by atoms with van der Waals surface area (Å²) in [6.45, 7) is 0.581. The van der Waals surface area contributed by atoms with Gasteiger partial charge in [0, 0.05) is 18.7 Å². The Morgan fingerprint density at radius 2 is 2.05 bits per heavy atom. The zero-order valence-electron chi connectivity index (χ0n) is 11.9. The molecule has 2 heterocycles. The van der Waals surface area contributed by atoms with Crippen LogP contribution in [0.1, 0.15) is 24.6 Å². The maximum atomic E-state index is 5.96. The summed E-state index contributed by atoms with van der Waals surface area (Å²) in [7, 11) is 2.05. The van der Waals surface area contributed by atoms with Crippen LogP contribution in [0.2, 0.25) is 0 Å². The van der Waals surface area contributed by atoms with Crippen molar-refractivity contribution in [3.8, 4) is 11.5 Å². The Morgan fingerprint density at radius 3 is 2.86 bits per heavy atom. The quantitative estimate of drug-likeness (QED) is 0.813. The summed E-state index contributed by atoms with van der Waals surface area (Å²) in [5.41, 5.74) is 0. The molecule has 5 nitrogen and oxygen atoms in total. The molecule has 21 heavy (non-hydrogen) atoms. The molecule has 0 N–H and O–H groups in total. The second-order valence-electron chi connectivity index (χ2n) is 5.48. The fourth-order valence-electron chi connectivity index (χ4n) is 2.46. The lowest BCUT2D eigenvalue weighted by molar-refractivity contribution is 0.107. The molecule has 6 heteroatoms. The first-order valence-corrected chi connectivity index (χ1v) is 8.20. The minimum absolute atomic E-state index is 0.0472. The van der Waals surface area contributed by atoms with Crippen LogP contribution in [-0.2, 0) is 7.05 Å². The lowest BCUT2D eigenvalue weighted by Gasteiger charge is -2.25. The van der Waals surface area contributed by atoms with Gasteiger partial charge in [-0.2, -0.15) is 0 Å². The van der Waals surface area contributed by atoms with E-state index in [0.717, 1.165) is 28.2 Å². The monoisotopic (exact) mass is 303 g/mol. The Kier molecular flexibility index (Phi) is 3.25. The number of benzene rings is 1. The molecule has 1 aliphatic carbocycles. The highest BCUT2D eigenvalue weighted by atomic mass is 32.2. The van der Waals surface area contributed by atoms with Crippen molar-refractivity contribution in [3.05, 3.63) is 30.1 Å². The molecule has 0 radical (unpaired) electrons. The van der Waals surface area contributed by atoms with Gasteiger partial charge in [0.25, 0.3) is 0 Å². The molecular formula is C15H17N3O2S. The second-order valence-corrected chi connectivity index (χ2v) is 6.47. The smallest absolute Gasteiger partial charge is 0.191 e. The lowest BCUT2D eigenvalue weighted by atomic mass is 10.3. The van der Waals surface area contributed by atoms with Crippen molar-refractivity contribution < 1.29 is 9.47 Å². The van der Waals surface area contributed by atoms with Crippen molar-refractivity contribution in [1.82, 2.24) is 14.8 Å². The Hall–Kier alpha value is -1.69. The van der Waals surface area contributed by atoms with E-state index in [1.807, 2.05) is 31.3 Å². The second kappa shape index (κ2) is 5.26. The topological polar surface area (TPSA) is 49.2 Å². The SMILES string of the molecule is Cn1c(SC[C@H]2COc3ccccc3O2)nnc1C1CC1. The zero-order chi connectivity index (χ0) is 14.2. The third-order valence-electron chi connectivity index (χ3n) is 3.78. The molecule has 1 aliphatic heterocycles. The van der Waals surface area contributed by atoms with Crippen LogP contribution in [0.25, 0.3) is 0 Å². The number of nitrogens with zero attached hydrogens (tertiary/aromatic N) is 3. The predicted molar refractivity (Wildman–Crippen MR) is 80.1 cm³/mol. The van der Waals surface area contributed by atoms with E-state index in [1.54, 1.807) is 11.8 Å². The number of ether oxygens (including phenoxy) is 2. The maximum Gasteiger partial charge on any atom is 0.191 e. The Balaban J connectivity index is 1.39. The van der Waals surface area contributed by atoms with E-state index >= 15 is 0 Å². The van der Waals surface area contributed by atoms with Gasteiger partial charge in [-0.05, 0) is 25.0 Å². The van der Waals surface area contributed by atoms with Crippen LogP contribution >= 0.6 is 11.8 Å². The Labute approximate surface area is 127 Å². The number of para-hydroxylation sites is 2. The summed E-state index contributed by atoms with van der Waals surface area (Å²) in [5.74, 6) is 4.20. The van der Waals surface area contributed by atoms with Gasteiger partial charge in [0.15, 0.2) is 16.7 Å². The highest BCUT2D eigenvalue weighted by Gasteiger charge is 2.29. The summed E-state index contributed by atoms with van der Waals surface area (Å²) in [6, 6.07) is 7.79. The van der Waals surface area contributed by atoms with E-state index in [0.29, 0.717) is 12.5 Å². The highest BCUT2D eigenvalue weighted by Crippen LogP contribution is 2.39. The van der Waals surface area contributed by atoms with Crippen LogP contribution in [0.5, 0.6) is 11.5 Å². The summed E-state index contributed by atoms with van der Waals surface area (Å²) in [6.07, 6.45) is 2.53. The molecule has 4 rings (SSSR count). The molecule has 0 spiro atoms. The van der Waals surface area contributed by atoms with Gasteiger partial charge in [-0.15, -0.1) is 10.2 Å². The number of aromatic nitrogens is 3. The molecule has 1 aromatic carbocycles. The Morgan fingerprint density at radius 1 is 1.24 bits per heavy atom. The van der Waals surface area contributed by atoms with E-state index in [-0.39, 0.29) is 6.10 Å². The van der Waals surface area contributed by atoms with Crippen LogP contribution in [0.4, 0.5) is 0 Å². The molecule has 110 valence electrons. The molecule has 0 unspecified atom stereocenters. The molecule has 0 amide bonds. The molecular weight excluding hydrogens is 286 g/mol. The molecule has 1 aromatic heterocycles. The molecule has 1 atom stereocenters. The first-order chi connectivity index (χ1) is 10.3. The van der Waals surface area contributed by atoms with E-state index in [1.165, 1.54) is 12.8 Å². The molecule has 2 aliphatic rings. The summed E-state index contributed by atoms with van der Waals surface area (Å²) >= 11 is 1.68. The number of hydrogen-bond acceptors (Lipinski definition) is 5. The predicted octanol–water partition coefficient (Wildman–Crippen LogP) is 2.62. The summed E-state index contributed by atoms with van der Waals surface area (Å²) in [5, 5.41) is 9.54. The van der Waals surface area contributed by atoms with Gasteiger partial charge in [0.05, 0.1) is 0 Å². The van der Waals surface area contributed by atoms with Gasteiger partial charge < -0.3 is 14.0 Å². The molecule has 2 aromatic rings. The fourth-order valence-corrected chi connectivity index (χ4v) is 3.35. The minimum Gasteiger partial charge on any atom is -0.486 e. The van der Waals surface area contributed by atoms with Crippen LogP contribution in [0.15, 0.2) is 29.4 Å². The van der Waals surface area contributed by atoms with Crippen molar-refractivity contribution in [2.45, 2.75) is 30.0 Å². The van der Waals surface area contributed by atoms with E-state index in [2.05, 4.69) is 14.8 Å². The molecule has 0 bridgehead atoms. The van der Waals surface area contributed by atoms with Crippen LogP contribution in [-0.4, -0.2) is 33.2 Å². The maximum absolute atomic E-state index is 5.96. The van der Waals surface area contributed by atoms with Crippen LogP contribution in [0, 0.1) is 0 Å². The first kappa shape index (κ1) is 13.0. The van der Waals surface area contributed by atoms with Gasteiger partial charge in [-0.1, -0.05) is 23.9 Å². The third-order valence-corrected chi connectivity index (χ3v) is 4.93. The normalized spacial score (nSPS) is 20.5. The van der Waals surface area contributed by atoms with Gasteiger partial charge >= 0.3 is 0 Å². The number of thioether (sulfide) groups is 1. The molecule has 1 fully saturated rings. The van der Waals surface area contributed by atoms with Crippen molar-refractivity contribution in [2.75, 3.05) is 12.4 Å². The summed E-state index contributed by atoms with van der Waals surface area (Å²) in [4.78, 5) is 0. The molecule has 0 saturated heterocycles. The fraction of sp³-hybridized carbons (Fsp3) is 0.467. The van der Waals surface area contributed by atoms with Gasteiger partial charge in [0.1, 0.15) is 18.5 Å². The number of hydrogen-bond donors (Lipinski definition) is 0. The minimum atomic E-state index is 0.0472. The van der Waals surface area contributed by atoms with E-state index in [9.17, 15) is 0 Å². The lowest BCUT2D eigenvalue weighted by Crippen LogP contribution is -2.31. The van der Waals surface area contributed by atoms with Crippen molar-refractivity contribution in [2.24, 2.45) is 7.05 Å². The number of fused-ring (bicyclic) bond motifs is 1. The largest absolute Gasteiger partial charge is 0.486 e. The average molecular weight is 303 g/mol. The van der Waals surface area contributed by atoms with Gasteiger partial charge in [0.2, 0.25) is 0 Å².